The number of hydrogen-bond acceptors (Lipinski definition) is 6. The molecule has 3 aromatic carbocycles. The van der Waals surface area contributed by atoms with E-state index in [4.69, 9.17) is 32.7 Å². The van der Waals surface area contributed by atoms with E-state index in [1.165, 1.54) is 37.3 Å². The molecular weight excluding hydrogens is 613 g/mol. The van der Waals surface area contributed by atoms with E-state index in [1.54, 1.807) is 49.4 Å². The van der Waals surface area contributed by atoms with Crippen LogP contribution in [0, 0.1) is 6.92 Å². The van der Waals surface area contributed by atoms with E-state index >= 15 is 0 Å². The van der Waals surface area contributed by atoms with Gasteiger partial charge in [-0.2, -0.15) is 0 Å². The van der Waals surface area contributed by atoms with Gasteiger partial charge in [-0.15, -0.1) is 0 Å². The van der Waals surface area contributed by atoms with Crippen LogP contribution < -0.4 is 19.1 Å². The van der Waals surface area contributed by atoms with Crippen molar-refractivity contribution in [1.29, 1.82) is 0 Å². The zero-order chi connectivity index (χ0) is 31.7. The van der Waals surface area contributed by atoms with Gasteiger partial charge in [0.05, 0.1) is 24.8 Å². The smallest absolute Gasteiger partial charge is 0.264 e. The van der Waals surface area contributed by atoms with Crippen LogP contribution in [0.5, 0.6) is 11.5 Å². The Bertz CT molecular complexity index is 1530. The lowest BCUT2D eigenvalue weighted by Gasteiger charge is -2.33. The maximum absolute atomic E-state index is 14.2. The Hall–Kier alpha value is -3.47. The number of hydrogen-bond donors (Lipinski definition) is 1. The topological polar surface area (TPSA) is 105 Å². The van der Waals surface area contributed by atoms with E-state index < -0.39 is 28.5 Å². The molecule has 0 aromatic heterocycles. The monoisotopic (exact) mass is 649 g/mol. The minimum atomic E-state index is -4.30. The SMILES string of the molecule is CCCNC(=O)[C@@H](CC)N(Cc1ccc(Cl)cc1Cl)C(=O)CN(c1ccc(C)cc1)S(=O)(=O)c1ccc(OC)c(OC)c1. The van der Waals surface area contributed by atoms with Gasteiger partial charge in [0.25, 0.3) is 10.0 Å². The molecule has 9 nitrogen and oxygen atoms in total. The molecular formula is C31H37Cl2N3O6S. The summed E-state index contributed by atoms with van der Waals surface area (Å²) in [6.45, 7) is 5.41. The molecule has 0 fully saturated rings. The van der Waals surface area contributed by atoms with Gasteiger partial charge in [-0.05, 0) is 61.7 Å². The Kier molecular flexibility index (Phi) is 12.1. The zero-order valence-corrected chi connectivity index (χ0v) is 27.2. The molecule has 12 heteroatoms. The molecule has 3 rings (SSSR count). The van der Waals surface area contributed by atoms with Gasteiger partial charge < -0.3 is 19.7 Å². The summed E-state index contributed by atoms with van der Waals surface area (Å²) in [6, 6.07) is 15.0. The molecule has 3 aromatic rings. The first-order valence-electron chi connectivity index (χ1n) is 13.8. The fraction of sp³-hybridized carbons (Fsp3) is 0.355. The lowest BCUT2D eigenvalue weighted by Crippen LogP contribution is -2.52. The Balaban J connectivity index is 2.11. The van der Waals surface area contributed by atoms with Crippen molar-refractivity contribution >= 4 is 50.7 Å². The van der Waals surface area contributed by atoms with Crippen molar-refractivity contribution in [1.82, 2.24) is 10.2 Å². The van der Waals surface area contributed by atoms with Crippen LogP contribution in [0.1, 0.15) is 37.8 Å². The summed E-state index contributed by atoms with van der Waals surface area (Å²) in [5.41, 5.74) is 1.75. The molecule has 0 radical (unpaired) electrons. The fourth-order valence-electron chi connectivity index (χ4n) is 4.46. The van der Waals surface area contributed by atoms with Crippen LogP contribution in [0.15, 0.2) is 65.6 Å². The van der Waals surface area contributed by atoms with Crippen LogP contribution in [0.3, 0.4) is 0 Å². The van der Waals surface area contributed by atoms with Crippen molar-refractivity contribution in [2.45, 2.75) is 51.1 Å². The Morgan fingerprint density at radius 1 is 0.930 bits per heavy atom. The Morgan fingerprint density at radius 3 is 2.19 bits per heavy atom. The molecule has 0 saturated heterocycles. The Labute approximate surface area is 263 Å². The first-order valence-corrected chi connectivity index (χ1v) is 16.0. The Morgan fingerprint density at radius 2 is 1.60 bits per heavy atom. The summed E-state index contributed by atoms with van der Waals surface area (Å²) in [4.78, 5) is 28.7. The van der Waals surface area contributed by atoms with Gasteiger partial charge in [0.1, 0.15) is 12.6 Å². The number of anilines is 1. The molecule has 1 N–H and O–H groups in total. The number of nitrogens with one attached hydrogen (secondary N) is 1. The highest BCUT2D eigenvalue weighted by atomic mass is 35.5. The number of rotatable bonds is 14. The van der Waals surface area contributed by atoms with Gasteiger partial charge in [0.2, 0.25) is 11.8 Å². The van der Waals surface area contributed by atoms with Crippen molar-refractivity contribution in [2.75, 3.05) is 31.6 Å². The summed E-state index contributed by atoms with van der Waals surface area (Å²) in [5, 5.41) is 3.60. The average molecular weight is 651 g/mol. The number of nitrogens with zero attached hydrogens (tertiary/aromatic N) is 2. The number of ether oxygens (including phenoxy) is 2. The number of sulfonamides is 1. The molecule has 0 aliphatic heterocycles. The van der Waals surface area contributed by atoms with Crippen LogP contribution in [0.4, 0.5) is 5.69 Å². The second-order valence-electron chi connectivity index (χ2n) is 9.84. The van der Waals surface area contributed by atoms with Crippen molar-refractivity contribution in [3.63, 3.8) is 0 Å². The molecule has 232 valence electrons. The van der Waals surface area contributed by atoms with Crippen LogP contribution in [0.25, 0.3) is 0 Å². The van der Waals surface area contributed by atoms with E-state index in [2.05, 4.69) is 5.32 Å². The lowest BCUT2D eigenvalue weighted by molar-refractivity contribution is -0.140. The van der Waals surface area contributed by atoms with Crippen molar-refractivity contribution in [3.05, 3.63) is 81.8 Å². The number of halogens is 2. The molecule has 43 heavy (non-hydrogen) atoms. The van der Waals surface area contributed by atoms with E-state index in [0.29, 0.717) is 40.7 Å². The van der Waals surface area contributed by atoms with Crippen molar-refractivity contribution < 1.29 is 27.5 Å². The summed E-state index contributed by atoms with van der Waals surface area (Å²) in [7, 11) is -1.44. The third-order valence-electron chi connectivity index (χ3n) is 6.83. The second-order valence-corrected chi connectivity index (χ2v) is 12.5. The highest BCUT2D eigenvalue weighted by Crippen LogP contribution is 2.33. The van der Waals surface area contributed by atoms with Gasteiger partial charge in [-0.25, -0.2) is 8.42 Å². The summed E-state index contributed by atoms with van der Waals surface area (Å²) < 4.78 is 39.9. The summed E-state index contributed by atoms with van der Waals surface area (Å²) >= 11 is 12.6. The number of methoxy groups -OCH3 is 2. The van der Waals surface area contributed by atoms with Crippen LogP contribution in [-0.4, -0.2) is 58.5 Å². The van der Waals surface area contributed by atoms with Crippen LogP contribution in [-0.2, 0) is 26.2 Å². The standard InChI is InChI=1S/C31H37Cl2N3O6S/c1-6-16-34-31(38)27(7-2)35(19-22-10-11-23(32)17-26(22)33)30(37)20-36(24-12-8-21(3)9-13-24)43(39,40)25-14-15-28(41-4)29(18-25)42-5/h8-15,17-18,27H,6-7,16,19-20H2,1-5H3,(H,34,38)/t27-/m1/s1. The van der Waals surface area contributed by atoms with Crippen LogP contribution >= 0.6 is 23.2 Å². The van der Waals surface area contributed by atoms with Gasteiger partial charge in [-0.1, -0.05) is 60.8 Å². The number of carbonyl (C=O) groups excluding carboxylic acids is 2. The number of carbonyl (C=O) groups is 2. The summed E-state index contributed by atoms with van der Waals surface area (Å²) in [5.74, 6) is -0.354. The average Bonchev–Trinajstić information content (AvgIpc) is 2.99. The predicted molar refractivity (Wildman–Crippen MR) is 170 cm³/mol. The normalized spacial score (nSPS) is 11.9. The van der Waals surface area contributed by atoms with Gasteiger partial charge in [0, 0.05) is 29.2 Å². The van der Waals surface area contributed by atoms with Crippen molar-refractivity contribution in [3.8, 4) is 11.5 Å². The molecule has 0 bridgehead atoms. The predicted octanol–water partition coefficient (Wildman–Crippen LogP) is 5.85. The first-order chi connectivity index (χ1) is 20.5. The molecule has 0 saturated carbocycles. The van der Waals surface area contributed by atoms with E-state index in [9.17, 15) is 18.0 Å². The minimum absolute atomic E-state index is 0.0367. The van der Waals surface area contributed by atoms with Crippen molar-refractivity contribution in [2.24, 2.45) is 0 Å². The number of amides is 2. The highest BCUT2D eigenvalue weighted by molar-refractivity contribution is 7.92. The van der Waals surface area contributed by atoms with Gasteiger partial charge >= 0.3 is 0 Å². The highest BCUT2D eigenvalue weighted by Gasteiger charge is 2.34. The molecule has 0 aliphatic carbocycles. The van der Waals surface area contributed by atoms with Crippen LogP contribution in [0.2, 0.25) is 10.0 Å². The maximum atomic E-state index is 14.2. The number of benzene rings is 3. The summed E-state index contributed by atoms with van der Waals surface area (Å²) in [6.07, 6.45) is 1.00. The molecule has 2 amide bonds. The van der Waals surface area contributed by atoms with E-state index in [1.807, 2.05) is 13.8 Å². The third kappa shape index (κ3) is 8.34. The zero-order valence-electron chi connectivity index (χ0n) is 24.9. The minimum Gasteiger partial charge on any atom is -0.493 e. The second kappa shape index (κ2) is 15.3. The molecule has 0 spiro atoms. The number of aryl methyl sites for hydroxylation is 1. The van der Waals surface area contributed by atoms with Gasteiger partial charge in [0.15, 0.2) is 11.5 Å². The van der Waals surface area contributed by atoms with E-state index in [-0.39, 0.29) is 28.8 Å². The largest absolute Gasteiger partial charge is 0.493 e. The fourth-order valence-corrected chi connectivity index (χ4v) is 6.36. The van der Waals surface area contributed by atoms with E-state index in [0.717, 1.165) is 9.87 Å². The first kappa shape index (κ1) is 34.0. The molecule has 0 unspecified atom stereocenters. The maximum Gasteiger partial charge on any atom is 0.264 e. The molecule has 1 atom stereocenters. The molecule has 0 aliphatic rings. The lowest BCUT2D eigenvalue weighted by atomic mass is 10.1. The molecule has 0 heterocycles. The van der Waals surface area contributed by atoms with Gasteiger partial charge in [-0.3, -0.25) is 13.9 Å². The quantitative estimate of drug-likeness (QED) is 0.235. The third-order valence-corrected chi connectivity index (χ3v) is 9.19.